The van der Waals surface area contributed by atoms with Crippen LogP contribution in [0.25, 0.3) is 16.8 Å². The predicted molar refractivity (Wildman–Crippen MR) is 133 cm³/mol. The zero-order chi connectivity index (χ0) is 23.8. The van der Waals surface area contributed by atoms with Crippen LogP contribution in [0.5, 0.6) is 5.75 Å². The molecule has 5 nitrogen and oxygen atoms in total. The summed E-state index contributed by atoms with van der Waals surface area (Å²) in [5.41, 5.74) is 3.78. The third-order valence-electron chi connectivity index (χ3n) is 5.87. The Morgan fingerprint density at radius 3 is 2.38 bits per heavy atom. The van der Waals surface area contributed by atoms with Gasteiger partial charge >= 0.3 is 5.97 Å². The third-order valence-corrected chi connectivity index (χ3v) is 5.87. The molecule has 166 valence electrons. The number of nitrogens with zero attached hydrogens (tertiary/aromatic N) is 1. The minimum Gasteiger partial charge on any atom is -0.423 e. The van der Waals surface area contributed by atoms with E-state index in [4.69, 9.17) is 4.74 Å². The molecule has 0 spiro atoms. The molecule has 2 aliphatic rings. The van der Waals surface area contributed by atoms with Crippen molar-refractivity contribution in [1.29, 1.82) is 0 Å². The molecule has 34 heavy (non-hydrogen) atoms. The maximum atomic E-state index is 13.4. The number of carbonyl (C=O) groups excluding carboxylic acids is 3. The van der Waals surface area contributed by atoms with Gasteiger partial charge in [0.1, 0.15) is 5.75 Å². The summed E-state index contributed by atoms with van der Waals surface area (Å²) in [5, 5.41) is 1.53. The minimum absolute atomic E-state index is 0.279. The van der Waals surface area contributed by atoms with Crippen LogP contribution in [-0.2, 0) is 4.79 Å². The van der Waals surface area contributed by atoms with E-state index in [0.29, 0.717) is 28.0 Å². The standard InChI is InChI=1S/C29H21NO4/c1-18(2)29(33)34-22-15-13-21(14-16-22)30-27(31)24-9-5-8-23-20(11-10-19-6-3-4-7-19)12-17-25(26(23)24)28(30)32/h3-6,8-17H,1,7H2,2H3/b11-10+. The molecular formula is C29H21NO4. The number of rotatable bonds is 5. The van der Waals surface area contributed by atoms with Crippen LogP contribution in [0.4, 0.5) is 5.69 Å². The Labute approximate surface area is 197 Å². The van der Waals surface area contributed by atoms with Crippen molar-refractivity contribution < 1.29 is 19.1 Å². The van der Waals surface area contributed by atoms with Crippen molar-refractivity contribution in [2.24, 2.45) is 0 Å². The molecule has 0 atom stereocenters. The molecule has 0 radical (unpaired) electrons. The first kappa shape index (κ1) is 21.3. The maximum Gasteiger partial charge on any atom is 0.338 e. The number of benzene rings is 3. The van der Waals surface area contributed by atoms with Gasteiger partial charge in [0, 0.05) is 22.1 Å². The van der Waals surface area contributed by atoms with Gasteiger partial charge < -0.3 is 4.74 Å². The molecule has 3 aromatic rings. The molecule has 5 heteroatoms. The smallest absolute Gasteiger partial charge is 0.338 e. The second-order valence-corrected chi connectivity index (χ2v) is 8.25. The lowest BCUT2D eigenvalue weighted by Gasteiger charge is -2.27. The topological polar surface area (TPSA) is 63.7 Å². The highest BCUT2D eigenvalue weighted by Crippen LogP contribution is 2.35. The number of hydrogen-bond donors (Lipinski definition) is 0. The lowest BCUT2D eigenvalue weighted by Crippen LogP contribution is -2.40. The van der Waals surface area contributed by atoms with Crippen LogP contribution in [-0.4, -0.2) is 17.8 Å². The molecule has 0 unspecified atom stereocenters. The van der Waals surface area contributed by atoms with Crippen LogP contribution in [0.2, 0.25) is 0 Å². The fourth-order valence-electron chi connectivity index (χ4n) is 4.14. The van der Waals surface area contributed by atoms with Gasteiger partial charge in [-0.2, -0.15) is 0 Å². The average molecular weight is 447 g/mol. The molecular weight excluding hydrogens is 426 g/mol. The zero-order valence-electron chi connectivity index (χ0n) is 18.6. The van der Waals surface area contributed by atoms with Crippen molar-refractivity contribution in [3.63, 3.8) is 0 Å². The predicted octanol–water partition coefficient (Wildman–Crippen LogP) is 6.02. The van der Waals surface area contributed by atoms with E-state index in [-0.39, 0.29) is 5.57 Å². The highest BCUT2D eigenvalue weighted by Gasteiger charge is 2.34. The van der Waals surface area contributed by atoms with Gasteiger partial charge in [0.05, 0.1) is 5.69 Å². The Kier molecular flexibility index (Phi) is 5.30. The van der Waals surface area contributed by atoms with Gasteiger partial charge in [0.2, 0.25) is 0 Å². The van der Waals surface area contributed by atoms with E-state index in [0.717, 1.165) is 22.3 Å². The summed E-state index contributed by atoms with van der Waals surface area (Å²) < 4.78 is 5.21. The molecule has 2 amide bonds. The van der Waals surface area contributed by atoms with Gasteiger partial charge in [-0.15, -0.1) is 0 Å². The van der Waals surface area contributed by atoms with Gasteiger partial charge in [0.25, 0.3) is 11.8 Å². The van der Waals surface area contributed by atoms with Gasteiger partial charge in [-0.05, 0) is 66.3 Å². The maximum absolute atomic E-state index is 13.4. The van der Waals surface area contributed by atoms with Crippen molar-refractivity contribution in [3.05, 3.63) is 113 Å². The highest BCUT2D eigenvalue weighted by atomic mass is 16.5. The zero-order valence-corrected chi connectivity index (χ0v) is 18.6. The summed E-state index contributed by atoms with van der Waals surface area (Å²) in [5.74, 6) is -1.01. The second-order valence-electron chi connectivity index (χ2n) is 8.25. The van der Waals surface area contributed by atoms with Crippen molar-refractivity contribution in [2.45, 2.75) is 13.3 Å². The molecule has 0 saturated carbocycles. The van der Waals surface area contributed by atoms with Gasteiger partial charge in [0.15, 0.2) is 0 Å². The highest BCUT2D eigenvalue weighted by molar-refractivity contribution is 6.36. The van der Waals surface area contributed by atoms with Crippen LogP contribution < -0.4 is 9.64 Å². The quantitative estimate of drug-likeness (QED) is 0.208. The van der Waals surface area contributed by atoms with Crippen LogP contribution in [0, 0.1) is 0 Å². The van der Waals surface area contributed by atoms with E-state index < -0.39 is 17.8 Å². The molecule has 0 fully saturated rings. The number of allylic oxidation sites excluding steroid dienone is 5. The Bertz CT molecular complexity index is 1450. The summed E-state index contributed by atoms with van der Waals surface area (Å²) in [6, 6.07) is 15.5. The minimum atomic E-state index is -0.538. The number of carbonyl (C=O) groups is 3. The molecule has 5 rings (SSSR count). The Hall–Kier alpha value is -4.51. The van der Waals surface area contributed by atoms with Gasteiger partial charge in [-0.1, -0.05) is 55.2 Å². The average Bonchev–Trinajstić information content (AvgIpc) is 3.36. The first-order valence-electron chi connectivity index (χ1n) is 10.9. The number of ether oxygens (including phenoxy) is 1. The second kappa shape index (κ2) is 8.45. The molecule has 0 bridgehead atoms. The van der Waals surface area contributed by atoms with E-state index in [1.165, 1.54) is 5.57 Å². The summed E-state index contributed by atoms with van der Waals surface area (Å²) in [4.78, 5) is 39.7. The normalized spacial score (nSPS) is 14.7. The van der Waals surface area contributed by atoms with Crippen LogP contribution in [0.3, 0.4) is 0 Å². The molecule has 1 aliphatic heterocycles. The Balaban J connectivity index is 1.51. The van der Waals surface area contributed by atoms with Gasteiger partial charge in [-0.25, -0.2) is 9.69 Å². The van der Waals surface area contributed by atoms with Crippen LogP contribution >= 0.6 is 0 Å². The van der Waals surface area contributed by atoms with Crippen molar-refractivity contribution in [3.8, 4) is 5.75 Å². The van der Waals surface area contributed by atoms with E-state index in [9.17, 15) is 14.4 Å². The summed E-state index contributed by atoms with van der Waals surface area (Å²) >= 11 is 0. The lowest BCUT2D eigenvalue weighted by atomic mass is 9.90. The van der Waals surface area contributed by atoms with E-state index >= 15 is 0 Å². The van der Waals surface area contributed by atoms with Gasteiger partial charge in [-0.3, -0.25) is 9.59 Å². The third kappa shape index (κ3) is 3.67. The van der Waals surface area contributed by atoms with Crippen molar-refractivity contribution >= 4 is 40.3 Å². The summed E-state index contributed by atoms with van der Waals surface area (Å²) in [6.45, 7) is 5.12. The first-order valence-corrected chi connectivity index (χ1v) is 10.9. The number of hydrogen-bond acceptors (Lipinski definition) is 4. The van der Waals surface area contributed by atoms with E-state index in [1.807, 2.05) is 30.4 Å². The molecule has 0 aromatic heterocycles. The summed E-state index contributed by atoms with van der Waals surface area (Å²) in [6.07, 6.45) is 11.2. The molecule has 0 N–H and O–H groups in total. The largest absolute Gasteiger partial charge is 0.423 e. The Morgan fingerprint density at radius 1 is 0.971 bits per heavy atom. The fraction of sp³-hybridized carbons (Fsp3) is 0.0690. The molecule has 1 heterocycles. The van der Waals surface area contributed by atoms with Crippen molar-refractivity contribution in [2.75, 3.05) is 4.90 Å². The number of imide groups is 1. The van der Waals surface area contributed by atoms with Crippen LogP contribution in [0.1, 0.15) is 39.6 Å². The SMILES string of the molecule is C=C(C)C(=O)Oc1ccc(N2C(=O)c3cccc4c(/C=C/C5=CC=CC5)ccc(c34)C2=O)cc1. The lowest BCUT2D eigenvalue weighted by molar-refractivity contribution is -0.130. The van der Waals surface area contributed by atoms with E-state index in [1.54, 1.807) is 43.3 Å². The van der Waals surface area contributed by atoms with E-state index in [2.05, 4.69) is 24.8 Å². The molecule has 1 aliphatic carbocycles. The number of amides is 2. The number of anilines is 1. The summed E-state index contributed by atoms with van der Waals surface area (Å²) in [7, 11) is 0. The monoisotopic (exact) mass is 447 g/mol. The van der Waals surface area contributed by atoms with Crippen LogP contribution in [0.15, 0.2) is 96.6 Å². The molecule has 3 aromatic carbocycles. The fourth-order valence-corrected chi connectivity index (χ4v) is 4.14. The first-order chi connectivity index (χ1) is 16.4. The molecule has 0 saturated heterocycles. The van der Waals surface area contributed by atoms with Crippen molar-refractivity contribution in [1.82, 2.24) is 0 Å². The Morgan fingerprint density at radius 2 is 1.71 bits per heavy atom. The number of esters is 1.